The van der Waals surface area contributed by atoms with Crippen molar-refractivity contribution in [2.24, 2.45) is 11.1 Å². The monoisotopic (exact) mass is 350 g/mol. The Kier molecular flexibility index (Phi) is 4.26. The highest BCUT2D eigenvalue weighted by Crippen LogP contribution is 2.43. The molecule has 0 saturated carbocycles. The Morgan fingerprint density at radius 3 is 2.81 bits per heavy atom. The number of nitrogens with zero attached hydrogens (tertiary/aromatic N) is 1. The quantitative estimate of drug-likeness (QED) is 0.892. The minimum absolute atomic E-state index is 0.323. The van der Waals surface area contributed by atoms with Crippen LogP contribution in [0.1, 0.15) is 24.5 Å². The maximum atomic E-state index is 11.0. The fraction of sp³-hybridized carbons (Fsp3) is 0.438. The van der Waals surface area contributed by atoms with Gasteiger partial charge in [-0.1, -0.05) is 28.1 Å². The number of hydrogen-bond acceptors (Lipinski definition) is 4. The molecule has 0 bridgehead atoms. The van der Waals surface area contributed by atoms with E-state index in [1.165, 1.54) is 0 Å². The Morgan fingerprint density at radius 2 is 2.10 bits per heavy atom. The molecule has 0 amide bonds. The van der Waals surface area contributed by atoms with Crippen LogP contribution in [0.4, 0.5) is 0 Å². The first kappa shape index (κ1) is 14.9. The van der Waals surface area contributed by atoms with Gasteiger partial charge in [0.05, 0.1) is 11.6 Å². The minimum atomic E-state index is -0.628. The molecule has 112 valence electrons. The van der Waals surface area contributed by atoms with Gasteiger partial charge in [-0.25, -0.2) is 0 Å². The number of aliphatic hydroxyl groups is 1. The van der Waals surface area contributed by atoms with Gasteiger partial charge in [-0.3, -0.25) is 4.98 Å². The molecule has 0 aliphatic carbocycles. The van der Waals surface area contributed by atoms with E-state index >= 15 is 0 Å². The summed E-state index contributed by atoms with van der Waals surface area (Å²) >= 11 is 3.54. The molecule has 0 spiro atoms. The predicted molar refractivity (Wildman–Crippen MR) is 85.9 cm³/mol. The maximum Gasteiger partial charge on any atom is 0.0881 e. The zero-order valence-corrected chi connectivity index (χ0v) is 13.3. The van der Waals surface area contributed by atoms with E-state index in [1.54, 1.807) is 6.20 Å². The van der Waals surface area contributed by atoms with Crippen LogP contribution in [0.3, 0.4) is 0 Å². The van der Waals surface area contributed by atoms with E-state index < -0.39 is 6.10 Å². The second kappa shape index (κ2) is 6.01. The molecule has 2 aromatic rings. The number of aromatic nitrogens is 1. The summed E-state index contributed by atoms with van der Waals surface area (Å²) in [5.74, 6) is 0. The lowest BCUT2D eigenvalue weighted by atomic mass is 9.72. The highest BCUT2D eigenvalue weighted by atomic mass is 79.9. The first-order chi connectivity index (χ1) is 10.2. The third kappa shape index (κ3) is 2.59. The topological polar surface area (TPSA) is 68.4 Å². The van der Waals surface area contributed by atoms with Crippen molar-refractivity contribution in [2.45, 2.75) is 18.9 Å². The second-order valence-corrected chi connectivity index (χ2v) is 6.47. The lowest BCUT2D eigenvalue weighted by Crippen LogP contribution is -2.41. The Morgan fingerprint density at radius 1 is 1.33 bits per heavy atom. The number of pyridine rings is 1. The fourth-order valence-electron chi connectivity index (χ4n) is 3.08. The van der Waals surface area contributed by atoms with Crippen molar-refractivity contribution in [3.8, 4) is 0 Å². The molecule has 4 nitrogen and oxygen atoms in total. The first-order valence-electron chi connectivity index (χ1n) is 7.17. The van der Waals surface area contributed by atoms with Crippen LogP contribution in [0.2, 0.25) is 0 Å². The summed E-state index contributed by atoms with van der Waals surface area (Å²) in [5.41, 5.74) is 7.36. The van der Waals surface area contributed by atoms with Crippen LogP contribution >= 0.6 is 15.9 Å². The van der Waals surface area contributed by atoms with E-state index in [4.69, 9.17) is 10.5 Å². The molecule has 1 unspecified atom stereocenters. The molecule has 3 rings (SSSR count). The standard InChI is InChI=1S/C16H19BrN2O2/c17-13-4-3-12(14-11(13)2-1-7-19-14)15(20)16(10-18)5-8-21-9-6-16/h1-4,7,15,20H,5-6,8-10,18H2. The molecule has 1 atom stereocenters. The average Bonchev–Trinajstić information content (AvgIpc) is 2.55. The fourth-order valence-corrected chi connectivity index (χ4v) is 3.53. The van der Waals surface area contributed by atoms with Crippen molar-refractivity contribution in [1.29, 1.82) is 0 Å². The molecular weight excluding hydrogens is 332 g/mol. The van der Waals surface area contributed by atoms with Crippen LogP contribution in [-0.4, -0.2) is 29.8 Å². The molecule has 1 aliphatic rings. The number of benzene rings is 1. The highest BCUT2D eigenvalue weighted by Gasteiger charge is 2.40. The van der Waals surface area contributed by atoms with Gasteiger partial charge in [0.1, 0.15) is 0 Å². The molecule has 1 fully saturated rings. The second-order valence-electron chi connectivity index (χ2n) is 5.62. The van der Waals surface area contributed by atoms with Crippen molar-refractivity contribution >= 4 is 26.8 Å². The molecule has 1 aromatic heterocycles. The average molecular weight is 351 g/mol. The van der Waals surface area contributed by atoms with Gasteiger partial charge < -0.3 is 15.6 Å². The van der Waals surface area contributed by atoms with Gasteiger partial charge in [-0.2, -0.15) is 0 Å². The van der Waals surface area contributed by atoms with Crippen molar-refractivity contribution in [2.75, 3.05) is 19.8 Å². The van der Waals surface area contributed by atoms with Crippen LogP contribution in [0.25, 0.3) is 10.9 Å². The third-order valence-electron chi connectivity index (χ3n) is 4.52. The first-order valence-corrected chi connectivity index (χ1v) is 7.96. The largest absolute Gasteiger partial charge is 0.388 e. The van der Waals surface area contributed by atoms with Crippen LogP contribution in [0, 0.1) is 5.41 Å². The van der Waals surface area contributed by atoms with Crippen molar-refractivity contribution in [3.63, 3.8) is 0 Å². The summed E-state index contributed by atoms with van der Waals surface area (Å²) in [6.07, 6.45) is 2.67. The molecule has 21 heavy (non-hydrogen) atoms. The van der Waals surface area contributed by atoms with E-state index in [1.807, 2.05) is 24.3 Å². The Bertz CT molecular complexity index is 641. The van der Waals surface area contributed by atoms with Gasteiger partial charge in [0, 0.05) is 46.8 Å². The van der Waals surface area contributed by atoms with Crippen LogP contribution < -0.4 is 5.73 Å². The van der Waals surface area contributed by atoms with Crippen molar-refractivity contribution in [1.82, 2.24) is 4.98 Å². The summed E-state index contributed by atoms with van der Waals surface area (Å²) in [6.45, 7) is 1.74. The minimum Gasteiger partial charge on any atom is -0.388 e. The Balaban J connectivity index is 2.09. The van der Waals surface area contributed by atoms with E-state index in [2.05, 4.69) is 20.9 Å². The normalized spacial score (nSPS) is 19.6. The SMILES string of the molecule is NCC1(C(O)c2ccc(Br)c3cccnc23)CCOCC1. The smallest absolute Gasteiger partial charge is 0.0881 e. The summed E-state index contributed by atoms with van der Waals surface area (Å²) < 4.78 is 6.41. The van der Waals surface area contributed by atoms with Gasteiger partial charge in [-0.05, 0) is 25.0 Å². The van der Waals surface area contributed by atoms with Crippen LogP contribution in [0.5, 0.6) is 0 Å². The number of ether oxygens (including phenoxy) is 1. The zero-order chi connectivity index (χ0) is 14.9. The molecule has 1 saturated heterocycles. The van der Waals surface area contributed by atoms with E-state index in [0.717, 1.165) is 33.8 Å². The molecule has 1 aliphatic heterocycles. The molecular formula is C16H19BrN2O2. The number of rotatable bonds is 3. The number of hydrogen-bond donors (Lipinski definition) is 2. The number of aliphatic hydroxyl groups excluding tert-OH is 1. The number of nitrogens with two attached hydrogens (primary N) is 1. The summed E-state index contributed by atoms with van der Waals surface area (Å²) in [7, 11) is 0. The molecule has 1 aromatic carbocycles. The van der Waals surface area contributed by atoms with Gasteiger partial charge in [-0.15, -0.1) is 0 Å². The van der Waals surface area contributed by atoms with Crippen molar-refractivity contribution in [3.05, 3.63) is 40.5 Å². The van der Waals surface area contributed by atoms with Gasteiger partial charge in [0.2, 0.25) is 0 Å². The highest BCUT2D eigenvalue weighted by molar-refractivity contribution is 9.10. The molecule has 5 heteroatoms. The summed E-state index contributed by atoms with van der Waals surface area (Å²) in [6, 6.07) is 7.81. The van der Waals surface area contributed by atoms with Crippen LogP contribution in [0.15, 0.2) is 34.9 Å². The summed E-state index contributed by atoms with van der Waals surface area (Å²) in [4.78, 5) is 4.46. The number of fused-ring (bicyclic) bond motifs is 1. The lowest BCUT2D eigenvalue weighted by Gasteiger charge is -2.40. The Hall–Kier alpha value is -1.01. The van der Waals surface area contributed by atoms with Gasteiger partial charge >= 0.3 is 0 Å². The van der Waals surface area contributed by atoms with Crippen LogP contribution in [-0.2, 0) is 4.74 Å². The molecule has 2 heterocycles. The van der Waals surface area contributed by atoms with Crippen molar-refractivity contribution < 1.29 is 9.84 Å². The molecule has 0 radical (unpaired) electrons. The van der Waals surface area contributed by atoms with E-state index in [-0.39, 0.29) is 5.41 Å². The van der Waals surface area contributed by atoms with E-state index in [0.29, 0.717) is 19.8 Å². The third-order valence-corrected chi connectivity index (χ3v) is 5.21. The summed E-state index contributed by atoms with van der Waals surface area (Å²) in [5, 5.41) is 12.0. The lowest BCUT2D eigenvalue weighted by molar-refractivity contribution is -0.0576. The van der Waals surface area contributed by atoms with E-state index in [9.17, 15) is 5.11 Å². The van der Waals surface area contributed by atoms with Gasteiger partial charge in [0.15, 0.2) is 0 Å². The Labute approximate surface area is 132 Å². The number of halogens is 1. The maximum absolute atomic E-state index is 11.0. The molecule has 3 N–H and O–H groups in total. The van der Waals surface area contributed by atoms with Gasteiger partial charge in [0.25, 0.3) is 0 Å². The zero-order valence-electron chi connectivity index (χ0n) is 11.8. The predicted octanol–water partition coefficient (Wildman–Crippen LogP) is 2.79.